The molecule has 0 amide bonds. The van der Waals surface area contributed by atoms with Crippen molar-refractivity contribution < 1.29 is 14.0 Å². The van der Waals surface area contributed by atoms with Gasteiger partial charge in [-0.25, -0.2) is 9.37 Å². The molecule has 0 saturated carbocycles. The monoisotopic (exact) mass is 464 g/mol. The number of fused-ring (bicyclic) bond motifs is 2. The summed E-state index contributed by atoms with van der Waals surface area (Å²) in [5.74, 6) is 0.303. The van der Waals surface area contributed by atoms with Gasteiger partial charge in [0.1, 0.15) is 22.5 Å². The lowest BCUT2D eigenvalue weighted by molar-refractivity contribution is 0.302. The van der Waals surface area contributed by atoms with Crippen molar-refractivity contribution >= 4 is 28.9 Å². The van der Waals surface area contributed by atoms with Gasteiger partial charge >= 0.3 is 0 Å². The highest BCUT2D eigenvalue weighted by atomic mass is 35.5. The van der Waals surface area contributed by atoms with Crippen LogP contribution in [0.3, 0.4) is 0 Å². The molecule has 0 fully saturated rings. The summed E-state index contributed by atoms with van der Waals surface area (Å²) in [6, 6.07) is 19.9. The molecule has 0 bridgehead atoms. The number of benzene rings is 2. The summed E-state index contributed by atoms with van der Waals surface area (Å²) in [6.45, 7) is 1.41. The highest BCUT2D eigenvalue weighted by molar-refractivity contribution is 5.85. The lowest BCUT2D eigenvalue weighted by Crippen LogP contribution is -2.17. The van der Waals surface area contributed by atoms with Crippen molar-refractivity contribution in [1.82, 2.24) is 14.7 Å². The minimum absolute atomic E-state index is 0. The molecule has 5 rings (SSSR count). The van der Waals surface area contributed by atoms with Gasteiger partial charge in [0, 0.05) is 29.7 Å². The first kappa shape index (κ1) is 22.5. The van der Waals surface area contributed by atoms with E-state index < -0.39 is 0 Å². The molecule has 5 aromatic rings. The SMILES string of the molecule is Cl.ON=c1cc(-c2cc3cccn3cn2)oc2ccc(CNCCc3ccc(F)cc3)cc12. The summed E-state index contributed by atoms with van der Waals surface area (Å²) in [5.41, 5.74) is 4.39. The van der Waals surface area contributed by atoms with Crippen molar-refractivity contribution in [2.45, 2.75) is 13.0 Å². The van der Waals surface area contributed by atoms with Crippen molar-refractivity contribution in [3.05, 3.63) is 102 Å². The summed E-state index contributed by atoms with van der Waals surface area (Å²) in [4.78, 5) is 4.44. The Balaban J connectivity index is 0.00000259. The van der Waals surface area contributed by atoms with Crippen LogP contribution in [0.25, 0.3) is 27.9 Å². The van der Waals surface area contributed by atoms with Crippen LogP contribution in [0.2, 0.25) is 0 Å². The van der Waals surface area contributed by atoms with Crippen LogP contribution in [-0.4, -0.2) is 21.1 Å². The molecule has 0 spiro atoms. The predicted molar refractivity (Wildman–Crippen MR) is 127 cm³/mol. The van der Waals surface area contributed by atoms with Gasteiger partial charge in [0.15, 0.2) is 5.76 Å². The third-order valence-electron chi connectivity index (χ3n) is 5.42. The number of hydrogen-bond acceptors (Lipinski definition) is 5. The van der Waals surface area contributed by atoms with Crippen LogP contribution in [0, 0.1) is 5.82 Å². The zero-order chi connectivity index (χ0) is 21.9. The van der Waals surface area contributed by atoms with Crippen LogP contribution in [0.5, 0.6) is 0 Å². The fraction of sp³-hybridized carbons (Fsp3) is 0.120. The lowest BCUT2D eigenvalue weighted by atomic mass is 10.1. The summed E-state index contributed by atoms with van der Waals surface area (Å²) >= 11 is 0. The van der Waals surface area contributed by atoms with E-state index in [0.717, 1.165) is 35.0 Å². The summed E-state index contributed by atoms with van der Waals surface area (Å²) in [5, 5.41) is 17.6. The molecule has 3 aromatic heterocycles. The van der Waals surface area contributed by atoms with Gasteiger partial charge in [-0.1, -0.05) is 23.4 Å². The highest BCUT2D eigenvalue weighted by Gasteiger charge is 2.09. The standard InChI is InChI=1S/C25H21FN4O2.ClH/c26-19-6-3-17(4-7-19)9-10-27-15-18-5-8-24-21(12-18)22(29-31)14-25(32-24)23-13-20-2-1-11-30(20)16-28-23;/h1-8,11-14,16,27,31H,9-10,15H2;1H. The topological polar surface area (TPSA) is 75.1 Å². The van der Waals surface area contributed by atoms with E-state index in [1.54, 1.807) is 24.5 Å². The quantitative estimate of drug-likeness (QED) is 0.212. The van der Waals surface area contributed by atoms with Gasteiger partial charge in [0.25, 0.3) is 0 Å². The molecule has 0 aliphatic carbocycles. The number of halogens is 2. The minimum atomic E-state index is -0.224. The zero-order valence-electron chi connectivity index (χ0n) is 17.6. The van der Waals surface area contributed by atoms with Gasteiger partial charge in [-0.3, -0.25) is 0 Å². The van der Waals surface area contributed by atoms with Gasteiger partial charge in [0.05, 0.1) is 6.33 Å². The van der Waals surface area contributed by atoms with E-state index in [1.807, 2.05) is 47.0 Å². The van der Waals surface area contributed by atoms with E-state index in [9.17, 15) is 9.60 Å². The number of aromatic nitrogens is 2. The maximum absolute atomic E-state index is 13.0. The molecule has 168 valence electrons. The van der Waals surface area contributed by atoms with Gasteiger partial charge < -0.3 is 19.3 Å². The number of hydrogen-bond donors (Lipinski definition) is 2. The third-order valence-corrected chi connectivity index (χ3v) is 5.42. The van der Waals surface area contributed by atoms with E-state index in [4.69, 9.17) is 4.42 Å². The molecule has 0 saturated heterocycles. The largest absolute Gasteiger partial charge is 0.454 e. The molecule has 3 heterocycles. The van der Waals surface area contributed by atoms with Gasteiger partial charge in [0.2, 0.25) is 0 Å². The fourth-order valence-corrected chi connectivity index (χ4v) is 3.72. The van der Waals surface area contributed by atoms with Crippen LogP contribution in [0.4, 0.5) is 4.39 Å². The third kappa shape index (κ3) is 4.89. The van der Waals surface area contributed by atoms with Crippen LogP contribution in [-0.2, 0) is 13.0 Å². The molecule has 0 atom stereocenters. The molecule has 0 aliphatic rings. The van der Waals surface area contributed by atoms with Crippen molar-refractivity contribution in [2.75, 3.05) is 6.54 Å². The Labute approximate surface area is 195 Å². The fourth-order valence-electron chi connectivity index (χ4n) is 3.72. The summed E-state index contributed by atoms with van der Waals surface area (Å²) < 4.78 is 21.0. The van der Waals surface area contributed by atoms with E-state index >= 15 is 0 Å². The first-order valence-electron chi connectivity index (χ1n) is 10.3. The molecular weight excluding hydrogens is 443 g/mol. The van der Waals surface area contributed by atoms with Crippen LogP contribution >= 0.6 is 12.4 Å². The Bertz CT molecular complexity index is 1460. The van der Waals surface area contributed by atoms with E-state index in [-0.39, 0.29) is 18.2 Å². The van der Waals surface area contributed by atoms with Gasteiger partial charge in [-0.05, 0) is 66.6 Å². The Kier molecular flexibility index (Phi) is 6.72. The van der Waals surface area contributed by atoms with E-state index in [0.29, 0.717) is 28.9 Å². The Hall–Kier alpha value is -3.68. The average molecular weight is 465 g/mol. The molecule has 0 radical (unpaired) electrons. The Morgan fingerprint density at radius 1 is 1.03 bits per heavy atom. The van der Waals surface area contributed by atoms with Crippen LogP contribution in [0.1, 0.15) is 11.1 Å². The smallest absolute Gasteiger partial charge is 0.155 e. The maximum Gasteiger partial charge on any atom is 0.155 e. The Morgan fingerprint density at radius 3 is 2.67 bits per heavy atom. The van der Waals surface area contributed by atoms with E-state index in [1.165, 1.54) is 12.1 Å². The lowest BCUT2D eigenvalue weighted by Gasteiger charge is -2.08. The van der Waals surface area contributed by atoms with Crippen molar-refractivity contribution in [2.24, 2.45) is 5.16 Å². The summed E-state index contributed by atoms with van der Waals surface area (Å²) in [6.07, 6.45) is 4.46. The molecule has 33 heavy (non-hydrogen) atoms. The molecular formula is C25H22ClFN4O2. The van der Waals surface area contributed by atoms with Gasteiger partial charge in [-0.2, -0.15) is 0 Å². The number of rotatable bonds is 6. The summed E-state index contributed by atoms with van der Waals surface area (Å²) in [7, 11) is 0. The second kappa shape index (κ2) is 9.85. The maximum atomic E-state index is 13.0. The first-order valence-corrected chi connectivity index (χ1v) is 10.3. The van der Waals surface area contributed by atoms with Crippen LogP contribution < -0.4 is 10.7 Å². The molecule has 8 heteroatoms. The van der Waals surface area contributed by atoms with Crippen molar-refractivity contribution in [3.63, 3.8) is 0 Å². The minimum Gasteiger partial charge on any atom is -0.454 e. The molecule has 2 N–H and O–H groups in total. The van der Waals surface area contributed by atoms with Crippen LogP contribution in [0.15, 0.2) is 88.8 Å². The predicted octanol–water partition coefficient (Wildman–Crippen LogP) is 4.93. The van der Waals surface area contributed by atoms with Gasteiger partial charge in [-0.15, -0.1) is 12.4 Å². The van der Waals surface area contributed by atoms with E-state index in [2.05, 4.69) is 15.5 Å². The average Bonchev–Trinajstić information content (AvgIpc) is 3.30. The van der Waals surface area contributed by atoms with Crippen molar-refractivity contribution in [3.8, 4) is 11.5 Å². The normalized spacial score (nSPS) is 11.7. The zero-order valence-corrected chi connectivity index (χ0v) is 18.4. The highest BCUT2D eigenvalue weighted by Crippen LogP contribution is 2.22. The molecule has 6 nitrogen and oxygen atoms in total. The molecule has 0 unspecified atom stereocenters. The van der Waals surface area contributed by atoms with Crippen molar-refractivity contribution in [1.29, 1.82) is 0 Å². The second-order valence-electron chi connectivity index (χ2n) is 7.59. The Morgan fingerprint density at radius 2 is 1.85 bits per heavy atom. The molecule has 0 aliphatic heterocycles. The number of nitrogens with zero attached hydrogens (tertiary/aromatic N) is 3. The second-order valence-corrected chi connectivity index (χ2v) is 7.59. The molecule has 2 aromatic carbocycles. The number of nitrogens with one attached hydrogen (secondary N) is 1. The first-order chi connectivity index (χ1) is 15.7.